The SMILES string of the molecule is CCC(C)(C)C1CCC(NC(=O)C(=O)NC[C@@H](C)c2ccccc2)CC1. The van der Waals surface area contributed by atoms with Crippen LogP contribution in [0.3, 0.4) is 0 Å². The molecule has 1 atom stereocenters. The van der Waals surface area contributed by atoms with Crippen LogP contribution in [0.5, 0.6) is 0 Å². The molecule has 1 fully saturated rings. The summed E-state index contributed by atoms with van der Waals surface area (Å²) in [6.07, 6.45) is 5.36. The van der Waals surface area contributed by atoms with Gasteiger partial charge in [-0.05, 0) is 48.5 Å². The minimum absolute atomic E-state index is 0.128. The molecule has 4 heteroatoms. The third-order valence-electron chi connectivity index (χ3n) is 6.22. The summed E-state index contributed by atoms with van der Waals surface area (Å²) < 4.78 is 0. The molecule has 4 nitrogen and oxygen atoms in total. The van der Waals surface area contributed by atoms with Gasteiger partial charge in [-0.1, -0.05) is 64.4 Å². The minimum Gasteiger partial charge on any atom is -0.347 e. The van der Waals surface area contributed by atoms with Crippen LogP contribution in [0.1, 0.15) is 71.3 Å². The summed E-state index contributed by atoms with van der Waals surface area (Å²) in [6, 6.07) is 10.1. The summed E-state index contributed by atoms with van der Waals surface area (Å²) in [7, 11) is 0. The van der Waals surface area contributed by atoms with Crippen LogP contribution >= 0.6 is 0 Å². The molecule has 0 radical (unpaired) electrons. The molecule has 2 N–H and O–H groups in total. The van der Waals surface area contributed by atoms with Gasteiger partial charge in [0.05, 0.1) is 0 Å². The molecule has 0 aliphatic heterocycles. The highest BCUT2D eigenvalue weighted by Crippen LogP contribution is 2.40. The molecule has 0 spiro atoms. The van der Waals surface area contributed by atoms with Crippen molar-refractivity contribution in [3.05, 3.63) is 35.9 Å². The van der Waals surface area contributed by atoms with E-state index in [9.17, 15) is 9.59 Å². The first kappa shape index (κ1) is 20.5. The van der Waals surface area contributed by atoms with Crippen molar-refractivity contribution in [1.82, 2.24) is 10.6 Å². The molecule has 1 aliphatic rings. The van der Waals surface area contributed by atoms with E-state index in [1.54, 1.807) is 0 Å². The second-order valence-electron chi connectivity index (χ2n) is 8.39. The Bertz CT molecular complexity index is 589. The van der Waals surface area contributed by atoms with Crippen molar-refractivity contribution in [3.63, 3.8) is 0 Å². The Morgan fingerprint density at radius 2 is 1.69 bits per heavy atom. The number of carbonyl (C=O) groups is 2. The molecule has 2 amide bonds. The first-order chi connectivity index (χ1) is 12.3. The van der Waals surface area contributed by atoms with Crippen molar-refractivity contribution in [2.75, 3.05) is 6.54 Å². The second-order valence-corrected chi connectivity index (χ2v) is 8.39. The molecule has 1 aromatic rings. The molecule has 1 aliphatic carbocycles. The molecule has 0 saturated heterocycles. The van der Waals surface area contributed by atoms with Crippen LogP contribution in [-0.2, 0) is 9.59 Å². The van der Waals surface area contributed by atoms with E-state index in [4.69, 9.17) is 0 Å². The molecule has 0 aromatic heterocycles. The molecule has 0 heterocycles. The van der Waals surface area contributed by atoms with Crippen LogP contribution < -0.4 is 10.6 Å². The van der Waals surface area contributed by atoms with Gasteiger partial charge < -0.3 is 10.6 Å². The highest BCUT2D eigenvalue weighted by atomic mass is 16.2. The van der Waals surface area contributed by atoms with Gasteiger partial charge in [0.2, 0.25) is 0 Å². The highest BCUT2D eigenvalue weighted by Gasteiger charge is 2.32. The number of hydrogen-bond acceptors (Lipinski definition) is 2. The molecule has 144 valence electrons. The predicted octanol–water partition coefficient (Wildman–Crippen LogP) is 4.02. The zero-order valence-corrected chi connectivity index (χ0v) is 16.7. The Kier molecular flexibility index (Phi) is 7.24. The van der Waals surface area contributed by atoms with Crippen LogP contribution in [0.2, 0.25) is 0 Å². The third-order valence-corrected chi connectivity index (χ3v) is 6.22. The molecule has 2 rings (SSSR count). The monoisotopic (exact) mass is 358 g/mol. The lowest BCUT2D eigenvalue weighted by atomic mass is 9.69. The van der Waals surface area contributed by atoms with Crippen molar-refractivity contribution in [2.24, 2.45) is 11.3 Å². The Morgan fingerprint density at radius 3 is 2.27 bits per heavy atom. The summed E-state index contributed by atoms with van der Waals surface area (Å²) in [5.74, 6) is -0.131. The van der Waals surface area contributed by atoms with Crippen molar-refractivity contribution in [3.8, 4) is 0 Å². The molecule has 1 aromatic carbocycles. The van der Waals surface area contributed by atoms with Crippen molar-refractivity contribution in [1.29, 1.82) is 0 Å². The Hall–Kier alpha value is -1.84. The van der Waals surface area contributed by atoms with E-state index in [0.29, 0.717) is 17.9 Å². The molecular formula is C22H34N2O2. The van der Waals surface area contributed by atoms with Gasteiger partial charge in [0.1, 0.15) is 0 Å². The van der Waals surface area contributed by atoms with Crippen molar-refractivity contribution >= 4 is 11.8 Å². The topological polar surface area (TPSA) is 58.2 Å². The van der Waals surface area contributed by atoms with Gasteiger partial charge in [0.25, 0.3) is 0 Å². The number of benzene rings is 1. The van der Waals surface area contributed by atoms with Crippen LogP contribution in [0.15, 0.2) is 30.3 Å². The maximum atomic E-state index is 12.2. The largest absolute Gasteiger partial charge is 0.347 e. The minimum atomic E-state index is -0.524. The lowest BCUT2D eigenvalue weighted by Gasteiger charge is -2.39. The highest BCUT2D eigenvalue weighted by molar-refractivity contribution is 6.35. The van der Waals surface area contributed by atoms with E-state index in [1.807, 2.05) is 37.3 Å². The van der Waals surface area contributed by atoms with Crippen LogP contribution in [0, 0.1) is 11.3 Å². The lowest BCUT2D eigenvalue weighted by Crippen LogP contribution is -2.47. The third kappa shape index (κ3) is 5.58. The molecule has 0 unspecified atom stereocenters. The fourth-order valence-corrected chi connectivity index (χ4v) is 3.78. The molecule has 1 saturated carbocycles. The summed E-state index contributed by atoms with van der Waals surface area (Å²) in [5.41, 5.74) is 1.52. The van der Waals surface area contributed by atoms with Crippen molar-refractivity contribution < 1.29 is 9.59 Å². The molecule has 26 heavy (non-hydrogen) atoms. The van der Waals surface area contributed by atoms with E-state index in [0.717, 1.165) is 31.2 Å². The second kappa shape index (κ2) is 9.20. The van der Waals surface area contributed by atoms with Gasteiger partial charge in [0, 0.05) is 12.6 Å². The Morgan fingerprint density at radius 1 is 1.08 bits per heavy atom. The predicted molar refractivity (Wildman–Crippen MR) is 106 cm³/mol. The number of hydrogen-bond donors (Lipinski definition) is 2. The van der Waals surface area contributed by atoms with Gasteiger partial charge in [-0.2, -0.15) is 0 Å². The zero-order chi connectivity index (χ0) is 19.2. The van der Waals surface area contributed by atoms with Gasteiger partial charge in [0.15, 0.2) is 0 Å². The van der Waals surface area contributed by atoms with E-state index < -0.39 is 11.8 Å². The first-order valence-electron chi connectivity index (χ1n) is 9.97. The average Bonchev–Trinajstić information content (AvgIpc) is 2.66. The number of rotatable bonds is 6. The smallest absolute Gasteiger partial charge is 0.309 e. The Balaban J connectivity index is 1.73. The summed E-state index contributed by atoms with van der Waals surface area (Å²) in [6.45, 7) is 9.42. The number of amides is 2. The van der Waals surface area contributed by atoms with Crippen LogP contribution in [-0.4, -0.2) is 24.4 Å². The van der Waals surface area contributed by atoms with Gasteiger partial charge in [-0.25, -0.2) is 0 Å². The Labute approximate surface area is 158 Å². The van der Waals surface area contributed by atoms with E-state index in [2.05, 4.69) is 31.4 Å². The quantitative estimate of drug-likeness (QED) is 0.755. The van der Waals surface area contributed by atoms with Crippen LogP contribution in [0.25, 0.3) is 0 Å². The standard InChI is InChI=1S/C22H34N2O2/c1-5-22(3,4)18-11-13-19(14-12-18)24-21(26)20(25)23-15-16(2)17-9-7-6-8-10-17/h6-10,16,18-19H,5,11-15H2,1-4H3,(H,23,25)(H,24,26)/t16-,18?,19?/m1/s1. The van der Waals surface area contributed by atoms with E-state index >= 15 is 0 Å². The summed E-state index contributed by atoms with van der Waals surface area (Å²) in [5, 5.41) is 5.68. The number of nitrogens with one attached hydrogen (secondary N) is 2. The van der Waals surface area contributed by atoms with Crippen molar-refractivity contribution in [2.45, 2.75) is 71.8 Å². The average molecular weight is 359 g/mol. The zero-order valence-electron chi connectivity index (χ0n) is 16.7. The maximum Gasteiger partial charge on any atom is 0.309 e. The fourth-order valence-electron chi connectivity index (χ4n) is 3.78. The van der Waals surface area contributed by atoms with Gasteiger partial charge in [-0.3, -0.25) is 9.59 Å². The van der Waals surface area contributed by atoms with Crippen LogP contribution in [0.4, 0.5) is 0 Å². The van der Waals surface area contributed by atoms with E-state index in [1.165, 1.54) is 6.42 Å². The van der Waals surface area contributed by atoms with Gasteiger partial charge >= 0.3 is 11.8 Å². The maximum absolute atomic E-state index is 12.2. The van der Waals surface area contributed by atoms with Gasteiger partial charge in [-0.15, -0.1) is 0 Å². The summed E-state index contributed by atoms with van der Waals surface area (Å²) >= 11 is 0. The lowest BCUT2D eigenvalue weighted by molar-refractivity contribution is -0.139. The molecular weight excluding hydrogens is 324 g/mol. The number of carbonyl (C=O) groups excluding carboxylic acids is 2. The molecule has 0 bridgehead atoms. The normalized spacial score (nSPS) is 21.7. The fraction of sp³-hybridized carbons (Fsp3) is 0.636. The first-order valence-corrected chi connectivity index (χ1v) is 9.97. The van der Waals surface area contributed by atoms with E-state index in [-0.39, 0.29) is 12.0 Å². The summed E-state index contributed by atoms with van der Waals surface area (Å²) in [4.78, 5) is 24.3.